The molecule has 2 aromatic heterocycles. The van der Waals surface area contributed by atoms with E-state index in [0.717, 1.165) is 11.1 Å². The van der Waals surface area contributed by atoms with E-state index in [4.69, 9.17) is 6.42 Å². The van der Waals surface area contributed by atoms with Crippen LogP contribution >= 0.6 is 0 Å². The highest BCUT2D eigenvalue weighted by Crippen LogP contribution is 2.05. The van der Waals surface area contributed by atoms with Gasteiger partial charge in [-0.2, -0.15) is 0 Å². The molecule has 0 fully saturated rings. The number of pyridine rings is 1. The first-order chi connectivity index (χ1) is 5.90. The zero-order valence-corrected chi connectivity index (χ0v) is 6.23. The molecule has 0 N–H and O–H groups in total. The number of hydrogen-bond donors (Lipinski definition) is 0. The third-order valence-corrected chi connectivity index (χ3v) is 1.49. The summed E-state index contributed by atoms with van der Waals surface area (Å²) in [5.74, 6) is 2.49. The van der Waals surface area contributed by atoms with E-state index < -0.39 is 0 Å². The van der Waals surface area contributed by atoms with E-state index in [0.29, 0.717) is 5.65 Å². The highest BCUT2D eigenvalue weighted by Gasteiger charge is 1.95. The molecule has 0 aromatic carbocycles. The molecule has 0 aliphatic rings. The Bertz CT molecular complexity index is 457. The van der Waals surface area contributed by atoms with Crippen LogP contribution in [0.3, 0.4) is 0 Å². The van der Waals surface area contributed by atoms with E-state index in [1.807, 2.05) is 0 Å². The molecular weight excluding hydrogens is 150 g/mol. The minimum atomic E-state index is 0.622. The minimum Gasteiger partial charge on any atom is -0.251 e. The van der Waals surface area contributed by atoms with E-state index in [-0.39, 0.29) is 0 Å². The molecule has 3 heteroatoms. The van der Waals surface area contributed by atoms with Crippen molar-refractivity contribution in [1.82, 2.24) is 15.0 Å². The van der Waals surface area contributed by atoms with E-state index in [1.54, 1.807) is 24.7 Å². The highest BCUT2D eigenvalue weighted by molar-refractivity contribution is 5.70. The molecule has 0 bridgehead atoms. The van der Waals surface area contributed by atoms with Crippen LogP contribution in [-0.2, 0) is 0 Å². The van der Waals surface area contributed by atoms with Crippen molar-refractivity contribution in [2.24, 2.45) is 0 Å². The van der Waals surface area contributed by atoms with Crippen LogP contribution in [0.4, 0.5) is 0 Å². The lowest BCUT2D eigenvalue weighted by molar-refractivity contribution is 1.22. The van der Waals surface area contributed by atoms with Crippen molar-refractivity contribution in [1.29, 1.82) is 0 Å². The maximum Gasteiger partial charge on any atom is 0.178 e. The number of rotatable bonds is 0. The molecule has 0 aliphatic carbocycles. The standard InChI is InChI=1S/C9H5N3/c1-2-7-5-8-9(12-6-7)11-4-3-10-8/h1,3-6H. The fourth-order valence-electron chi connectivity index (χ4n) is 0.937. The summed E-state index contributed by atoms with van der Waals surface area (Å²) >= 11 is 0. The number of fused-ring (bicyclic) bond motifs is 1. The summed E-state index contributed by atoms with van der Waals surface area (Å²) in [5.41, 5.74) is 2.08. The van der Waals surface area contributed by atoms with E-state index in [2.05, 4.69) is 20.9 Å². The van der Waals surface area contributed by atoms with Crippen LogP contribution in [0.2, 0.25) is 0 Å². The molecule has 0 spiro atoms. The Kier molecular flexibility index (Phi) is 1.45. The Morgan fingerprint density at radius 3 is 2.83 bits per heavy atom. The van der Waals surface area contributed by atoms with Gasteiger partial charge in [0.1, 0.15) is 5.52 Å². The van der Waals surface area contributed by atoms with Gasteiger partial charge in [0, 0.05) is 24.2 Å². The molecule has 2 rings (SSSR count). The van der Waals surface area contributed by atoms with Gasteiger partial charge in [-0.1, -0.05) is 5.92 Å². The van der Waals surface area contributed by atoms with Gasteiger partial charge < -0.3 is 0 Å². The fourth-order valence-corrected chi connectivity index (χ4v) is 0.937. The molecule has 56 valence electrons. The molecule has 2 aromatic rings. The molecule has 0 radical (unpaired) electrons. The van der Waals surface area contributed by atoms with Crippen molar-refractivity contribution in [3.05, 3.63) is 30.2 Å². The number of hydrogen-bond acceptors (Lipinski definition) is 3. The van der Waals surface area contributed by atoms with Crippen LogP contribution in [0.15, 0.2) is 24.7 Å². The first-order valence-corrected chi connectivity index (χ1v) is 3.43. The number of nitrogens with zero attached hydrogens (tertiary/aromatic N) is 3. The lowest BCUT2D eigenvalue weighted by atomic mass is 10.3. The van der Waals surface area contributed by atoms with Crippen LogP contribution < -0.4 is 0 Å². The van der Waals surface area contributed by atoms with Gasteiger partial charge in [0.05, 0.1) is 0 Å². The average Bonchev–Trinajstić information content (AvgIpc) is 2.17. The molecule has 3 nitrogen and oxygen atoms in total. The number of terminal acetylenes is 1. The van der Waals surface area contributed by atoms with Gasteiger partial charge in [0.15, 0.2) is 5.65 Å². The predicted octanol–water partition coefficient (Wildman–Crippen LogP) is 1.01. The van der Waals surface area contributed by atoms with E-state index >= 15 is 0 Å². The van der Waals surface area contributed by atoms with Gasteiger partial charge >= 0.3 is 0 Å². The smallest absolute Gasteiger partial charge is 0.178 e. The first kappa shape index (κ1) is 6.74. The molecule has 0 amide bonds. The van der Waals surface area contributed by atoms with Crippen molar-refractivity contribution < 1.29 is 0 Å². The topological polar surface area (TPSA) is 38.7 Å². The van der Waals surface area contributed by atoms with Crippen molar-refractivity contribution in [2.45, 2.75) is 0 Å². The molecular formula is C9H5N3. The van der Waals surface area contributed by atoms with Crippen LogP contribution in [0.25, 0.3) is 11.2 Å². The Labute approximate surface area is 69.5 Å². The molecule has 0 aliphatic heterocycles. The summed E-state index contributed by atoms with van der Waals surface area (Å²) in [6.07, 6.45) is 10.0. The zero-order valence-electron chi connectivity index (χ0n) is 6.23. The largest absolute Gasteiger partial charge is 0.251 e. The SMILES string of the molecule is C#Cc1cnc2nccnc2c1. The van der Waals surface area contributed by atoms with Crippen molar-refractivity contribution in [2.75, 3.05) is 0 Å². The molecule has 0 saturated carbocycles. The quantitative estimate of drug-likeness (QED) is 0.533. The van der Waals surface area contributed by atoms with E-state index in [9.17, 15) is 0 Å². The lowest BCUT2D eigenvalue weighted by Crippen LogP contribution is -1.86. The number of aromatic nitrogens is 3. The zero-order chi connectivity index (χ0) is 8.39. The van der Waals surface area contributed by atoms with Gasteiger partial charge in [-0.25, -0.2) is 9.97 Å². The van der Waals surface area contributed by atoms with Crippen LogP contribution in [0.1, 0.15) is 5.56 Å². The van der Waals surface area contributed by atoms with Crippen molar-refractivity contribution in [3.63, 3.8) is 0 Å². The predicted molar refractivity (Wildman–Crippen MR) is 45.3 cm³/mol. The molecule has 0 saturated heterocycles. The molecule has 2 heterocycles. The molecule has 12 heavy (non-hydrogen) atoms. The van der Waals surface area contributed by atoms with Gasteiger partial charge in [0.25, 0.3) is 0 Å². The Balaban J connectivity index is 2.78. The Morgan fingerprint density at radius 1 is 1.17 bits per heavy atom. The summed E-state index contributed by atoms with van der Waals surface area (Å²) in [6, 6.07) is 1.79. The normalized spacial score (nSPS) is 9.58. The maximum atomic E-state index is 5.20. The van der Waals surface area contributed by atoms with Crippen LogP contribution in [-0.4, -0.2) is 15.0 Å². The summed E-state index contributed by atoms with van der Waals surface area (Å²) in [7, 11) is 0. The van der Waals surface area contributed by atoms with Gasteiger partial charge in [0.2, 0.25) is 0 Å². The molecule has 0 unspecified atom stereocenters. The second-order valence-electron chi connectivity index (χ2n) is 2.27. The third-order valence-electron chi connectivity index (χ3n) is 1.49. The summed E-state index contributed by atoms with van der Waals surface area (Å²) in [4.78, 5) is 12.1. The minimum absolute atomic E-state index is 0.622. The van der Waals surface area contributed by atoms with Crippen LogP contribution in [0.5, 0.6) is 0 Å². The summed E-state index contributed by atoms with van der Waals surface area (Å²) in [6.45, 7) is 0. The first-order valence-electron chi connectivity index (χ1n) is 3.43. The van der Waals surface area contributed by atoms with Crippen molar-refractivity contribution in [3.8, 4) is 12.3 Å². The summed E-state index contributed by atoms with van der Waals surface area (Å²) < 4.78 is 0. The maximum absolute atomic E-state index is 5.20. The lowest BCUT2D eigenvalue weighted by Gasteiger charge is -1.93. The van der Waals surface area contributed by atoms with Gasteiger partial charge in [-0.15, -0.1) is 6.42 Å². The Morgan fingerprint density at radius 2 is 2.00 bits per heavy atom. The second kappa shape index (κ2) is 2.59. The van der Waals surface area contributed by atoms with Gasteiger partial charge in [-0.3, -0.25) is 4.98 Å². The van der Waals surface area contributed by atoms with Crippen molar-refractivity contribution >= 4 is 11.2 Å². The molecule has 0 atom stereocenters. The van der Waals surface area contributed by atoms with Crippen LogP contribution in [0, 0.1) is 12.3 Å². The Hall–Kier alpha value is -1.95. The van der Waals surface area contributed by atoms with Gasteiger partial charge in [-0.05, 0) is 6.07 Å². The highest BCUT2D eigenvalue weighted by atomic mass is 14.9. The average molecular weight is 155 g/mol. The third kappa shape index (κ3) is 0.995. The van der Waals surface area contributed by atoms with E-state index in [1.165, 1.54) is 0 Å². The fraction of sp³-hybridized carbons (Fsp3) is 0. The summed E-state index contributed by atoms with van der Waals surface area (Å²) in [5, 5.41) is 0. The second-order valence-corrected chi connectivity index (χ2v) is 2.27. The monoisotopic (exact) mass is 155 g/mol.